The maximum Gasteiger partial charge on any atom is 0.309 e. The normalized spacial score (nSPS) is 20.5. The van der Waals surface area contributed by atoms with E-state index in [-0.39, 0.29) is 312 Å². The molecule has 3 atom stereocenters. The van der Waals surface area contributed by atoms with Crippen LogP contribution in [-0.4, -0.2) is 24.3 Å². The van der Waals surface area contributed by atoms with Gasteiger partial charge in [-0.05, 0) is 6.42 Å². The van der Waals surface area contributed by atoms with Gasteiger partial charge in [-0.15, -0.1) is 0 Å². The van der Waals surface area contributed by atoms with Gasteiger partial charge in [0.05, 0.1) is 12.0 Å². The second kappa shape index (κ2) is 38.0. The smallest absolute Gasteiger partial charge is 0.309 e. The Morgan fingerprint density at radius 2 is 1.43 bits per heavy atom. The van der Waals surface area contributed by atoms with Crippen molar-refractivity contribution in [2.24, 2.45) is 11.3 Å². The summed E-state index contributed by atoms with van der Waals surface area (Å²) in [5.41, 5.74) is -0.214. The van der Waals surface area contributed by atoms with E-state index in [1.807, 2.05) is 19.1 Å². The number of methoxy groups -OCH3 is 1. The maximum atomic E-state index is 11.1. The summed E-state index contributed by atoms with van der Waals surface area (Å²) in [4.78, 5) is 11.1. The molecule has 0 aromatic rings. The number of carboxylic acid groups (broad SMARTS) is 1. The van der Waals surface area contributed by atoms with Crippen LogP contribution in [0.15, 0.2) is 12.2 Å². The summed E-state index contributed by atoms with van der Waals surface area (Å²) < 4.78 is 5.24. The van der Waals surface area contributed by atoms with Gasteiger partial charge in [-0.2, -0.15) is 12.8 Å². The second-order valence-corrected chi connectivity index (χ2v) is 5.23. The van der Waals surface area contributed by atoms with Crippen LogP contribution in [-0.2, 0) is 304 Å². The summed E-state index contributed by atoms with van der Waals surface area (Å²) in [6.07, 6.45) is 14.8. The number of ether oxygens (including phenoxy) is 1. The molecular weight excluding hydrogens is 1040 g/mol. The van der Waals surface area contributed by atoms with Crippen molar-refractivity contribution >= 4 is 5.97 Å². The number of aliphatic carboxylic acids is 1. The van der Waals surface area contributed by atoms with Crippen molar-refractivity contribution in [1.29, 1.82) is 0 Å². The van der Waals surface area contributed by atoms with Gasteiger partial charge < -0.3 is 22.0 Å². The van der Waals surface area contributed by atoms with E-state index in [0.717, 1.165) is 32.1 Å². The van der Waals surface area contributed by atoms with Crippen molar-refractivity contribution < 1.29 is 309 Å². The number of allylic oxidation sites excluding steroid dienone is 4. The molecule has 3 unspecified atom stereocenters. The molecule has 1 rings (SSSR count). The summed E-state index contributed by atoms with van der Waals surface area (Å²) in [5.74, 6) is -1.10. The van der Waals surface area contributed by atoms with Crippen molar-refractivity contribution in [3.8, 4) is 0 Å². The minimum atomic E-state index is -0.748. The van der Waals surface area contributed by atoms with Crippen molar-refractivity contribution in [3.63, 3.8) is 0 Å². The van der Waals surface area contributed by atoms with Gasteiger partial charge in [0, 0.05) is 307 Å². The minimum Gasteiger partial charge on any atom is -0.501 e. The average Bonchev–Trinajstić information content (AvgIpc) is 2.98. The molecular formula is C16H24O3Y9-2. The molecule has 0 amide bonds. The van der Waals surface area contributed by atoms with Crippen molar-refractivity contribution in [1.82, 2.24) is 0 Å². The zero-order valence-electron chi connectivity index (χ0n) is 17.3. The van der Waals surface area contributed by atoms with E-state index in [9.17, 15) is 4.79 Å². The Bertz CT molecular complexity index is 371. The van der Waals surface area contributed by atoms with Crippen molar-refractivity contribution in [2.75, 3.05) is 7.11 Å². The molecule has 0 spiro atoms. The van der Waals surface area contributed by atoms with Crippen LogP contribution in [0.3, 0.4) is 0 Å². The van der Waals surface area contributed by atoms with Crippen LogP contribution >= 0.6 is 0 Å². The van der Waals surface area contributed by atoms with E-state index in [2.05, 4.69) is 19.1 Å². The van der Waals surface area contributed by atoms with Crippen LogP contribution in [0, 0.1) is 23.5 Å². The fourth-order valence-electron chi connectivity index (χ4n) is 2.63. The summed E-state index contributed by atoms with van der Waals surface area (Å²) in [6, 6.07) is 0. The first kappa shape index (κ1) is 61.1. The minimum absolute atomic E-state index is 0. The van der Waals surface area contributed by atoms with Gasteiger partial charge in [-0.1, -0.05) is 26.7 Å². The van der Waals surface area contributed by atoms with E-state index in [0.29, 0.717) is 0 Å². The third kappa shape index (κ3) is 25.1. The summed E-state index contributed by atoms with van der Waals surface area (Å²) >= 11 is 0. The Hall–Kier alpha value is 8.85. The zero-order valence-corrected chi connectivity index (χ0v) is 42.8. The number of hydrogen-bond donors (Lipinski definition) is 1. The predicted molar refractivity (Wildman–Crippen MR) is 74.4 cm³/mol. The first-order valence-corrected chi connectivity index (χ1v) is 6.93. The van der Waals surface area contributed by atoms with Gasteiger partial charge in [0.1, 0.15) is 0 Å². The predicted octanol–water partition coefficient (Wildman–Crippen LogP) is 3.39. The molecule has 1 saturated carbocycles. The molecule has 1 N–H and O–H groups in total. The van der Waals surface area contributed by atoms with Gasteiger partial charge in [0.25, 0.3) is 0 Å². The van der Waals surface area contributed by atoms with Gasteiger partial charge in [-0.3, -0.25) is 16.9 Å². The molecule has 0 aliphatic heterocycles. The molecule has 0 aromatic carbocycles. The molecule has 0 heterocycles. The van der Waals surface area contributed by atoms with E-state index < -0.39 is 5.97 Å². The molecule has 0 aromatic heterocycles. The Morgan fingerprint density at radius 3 is 1.79 bits per heavy atom. The number of unbranched alkanes of at least 4 members (excludes halogenated alkanes) is 1. The van der Waals surface area contributed by atoms with Crippen LogP contribution in [0.1, 0.15) is 46.0 Å². The Balaban J connectivity index is -0.0000000573. The number of carbonyl (C=O) groups is 1. The van der Waals surface area contributed by atoms with Crippen LogP contribution in [0.25, 0.3) is 0 Å². The van der Waals surface area contributed by atoms with Crippen molar-refractivity contribution in [3.05, 3.63) is 24.3 Å². The van der Waals surface area contributed by atoms with Gasteiger partial charge in [0.2, 0.25) is 0 Å². The summed E-state index contributed by atoms with van der Waals surface area (Å²) in [6.45, 7) is 4.06. The molecule has 135 valence electrons. The fourth-order valence-corrected chi connectivity index (χ4v) is 2.63. The van der Waals surface area contributed by atoms with Crippen LogP contribution in [0.4, 0.5) is 0 Å². The van der Waals surface area contributed by atoms with Gasteiger partial charge >= 0.3 is 5.97 Å². The first-order valence-electron chi connectivity index (χ1n) is 6.93. The molecule has 1 aliphatic carbocycles. The Labute approximate surface area is 398 Å². The third-order valence-corrected chi connectivity index (χ3v) is 3.83. The maximum absolute atomic E-state index is 11.1. The largest absolute Gasteiger partial charge is 0.501 e. The number of hydrogen-bond acceptors (Lipinski definition) is 2. The number of carboxylic acids is 1. The monoisotopic (exact) mass is 1060 g/mol. The molecule has 9 radical (unpaired) electrons. The van der Waals surface area contributed by atoms with Crippen molar-refractivity contribution in [2.45, 2.75) is 52.1 Å². The van der Waals surface area contributed by atoms with Crippen LogP contribution in [0.5, 0.6) is 0 Å². The Kier molecular flexibility index (Phi) is 82.9. The average molecular weight is 1060 g/mol. The quantitative estimate of drug-likeness (QED) is 0.285. The first-order chi connectivity index (χ1) is 9.07. The standard InChI is InChI=1S/C16H24O3.9Y/c1-4-5-6-7-8-9-10-11-12-16(2)13(15(17)18)14(16)19-3;;;;;;;;;/h6,10,13-14H,4,7-8,11-12H2,1-3H3,(H,17,18);;;;;;;;;/q-2;;;;;;;;;. The van der Waals surface area contributed by atoms with Gasteiger partial charge in [0.15, 0.2) is 0 Å². The van der Waals surface area contributed by atoms with E-state index in [1.165, 1.54) is 0 Å². The molecule has 0 saturated heterocycles. The van der Waals surface area contributed by atoms with Crippen LogP contribution < -0.4 is 0 Å². The van der Waals surface area contributed by atoms with E-state index in [1.54, 1.807) is 7.11 Å². The molecule has 1 aliphatic rings. The molecule has 12 heteroatoms. The van der Waals surface area contributed by atoms with E-state index >= 15 is 0 Å². The third-order valence-electron chi connectivity index (χ3n) is 3.83. The van der Waals surface area contributed by atoms with Crippen LogP contribution in [0.2, 0.25) is 0 Å². The van der Waals surface area contributed by atoms with Gasteiger partial charge in [-0.25, -0.2) is 0 Å². The Morgan fingerprint density at radius 1 is 0.964 bits per heavy atom. The topological polar surface area (TPSA) is 46.5 Å². The molecule has 1 fully saturated rings. The molecule has 0 bridgehead atoms. The molecule has 3 nitrogen and oxygen atoms in total. The fraction of sp³-hybridized carbons (Fsp3) is 0.688. The molecule has 28 heavy (non-hydrogen) atoms. The SMILES string of the molecule is CC[C-]=CCC[C-]=CCCC1(C)C(OC)C1C(=O)O.[Y].[Y].[Y].[Y].[Y].[Y].[Y].[Y].[Y]. The summed E-state index contributed by atoms with van der Waals surface area (Å²) in [7, 11) is 1.59. The second-order valence-electron chi connectivity index (χ2n) is 5.23. The summed E-state index contributed by atoms with van der Waals surface area (Å²) in [5, 5.41) is 9.10. The zero-order chi connectivity index (χ0) is 14.3. The number of rotatable bonds is 9. The van der Waals surface area contributed by atoms with E-state index in [4.69, 9.17) is 9.84 Å².